The van der Waals surface area contributed by atoms with Gasteiger partial charge in [0.1, 0.15) is 10.8 Å². The Morgan fingerprint density at radius 2 is 2.06 bits per heavy atom. The molecule has 2 saturated heterocycles. The minimum absolute atomic E-state index is 0.161. The first-order chi connectivity index (χ1) is 16.7. The Kier molecular flexibility index (Phi) is 6.34. The van der Waals surface area contributed by atoms with E-state index in [-0.39, 0.29) is 6.04 Å². The molecule has 3 aromatic rings. The molecular weight excluding hydrogens is 485 g/mol. The molecule has 184 valence electrons. The number of anilines is 1. The highest BCUT2D eigenvalue weighted by Gasteiger charge is 2.55. The Hall–Kier alpha value is -2.52. The second-order valence-corrected chi connectivity index (χ2v) is 12.2. The van der Waals surface area contributed by atoms with Gasteiger partial charge in [-0.1, -0.05) is 29.2 Å². The predicted molar refractivity (Wildman–Crippen MR) is 138 cm³/mol. The molecule has 0 bridgehead atoms. The molecule has 0 radical (unpaired) electrons. The average Bonchev–Trinajstić information content (AvgIpc) is 3.36. The second-order valence-electron chi connectivity index (χ2n) is 9.38. The molecule has 2 aliphatic rings. The summed E-state index contributed by atoms with van der Waals surface area (Å²) in [5.41, 5.74) is 2.53. The molecule has 5 rings (SSSR count). The van der Waals surface area contributed by atoms with Crippen LogP contribution in [-0.4, -0.2) is 55.0 Å². The zero-order valence-electron chi connectivity index (χ0n) is 19.6. The number of nitriles is 1. The smallest absolute Gasteiger partial charge is 0.125 e. The van der Waals surface area contributed by atoms with Gasteiger partial charge in [0.05, 0.1) is 28.6 Å². The number of hydrogen-bond acceptors (Lipinski definition) is 8. The van der Waals surface area contributed by atoms with Crippen LogP contribution in [0.1, 0.15) is 31.0 Å². The van der Waals surface area contributed by atoms with E-state index in [1.807, 2.05) is 18.2 Å². The maximum Gasteiger partial charge on any atom is 0.125 e. The van der Waals surface area contributed by atoms with Crippen LogP contribution >= 0.6 is 22.3 Å². The van der Waals surface area contributed by atoms with Gasteiger partial charge in [-0.25, -0.2) is 9.37 Å². The molecule has 2 aliphatic heterocycles. The number of halogens is 1. The van der Waals surface area contributed by atoms with Crippen LogP contribution in [0, 0.1) is 17.1 Å². The summed E-state index contributed by atoms with van der Waals surface area (Å²) in [5, 5.41) is 12.1. The van der Waals surface area contributed by atoms with E-state index in [1.165, 1.54) is 12.1 Å². The van der Waals surface area contributed by atoms with Gasteiger partial charge >= 0.3 is 0 Å². The Morgan fingerprint density at radius 3 is 2.80 bits per heavy atom. The number of nitrogens with zero attached hydrogens (tertiary/aromatic N) is 5. The van der Waals surface area contributed by atoms with Gasteiger partial charge in [-0.2, -0.15) is 9.57 Å². The van der Waals surface area contributed by atoms with E-state index < -0.39 is 22.3 Å². The van der Waals surface area contributed by atoms with Crippen LogP contribution in [0.4, 0.5) is 10.1 Å². The lowest BCUT2D eigenvalue weighted by atomic mass is 9.83. The quantitative estimate of drug-likeness (QED) is 0.471. The van der Waals surface area contributed by atoms with Crippen LogP contribution in [0.2, 0.25) is 0 Å². The van der Waals surface area contributed by atoms with Crippen molar-refractivity contribution < 1.29 is 13.5 Å². The summed E-state index contributed by atoms with van der Waals surface area (Å²) in [6.07, 6.45) is 1.43. The number of piperidine rings is 1. The zero-order chi connectivity index (χ0) is 24.8. The number of thiazole rings is 1. The summed E-state index contributed by atoms with van der Waals surface area (Å²) >= 11 is 1.57. The SMILES string of the molecule is C[C@H]1C[C@]2(CCN1Cc1csc(-c3cccc(C#N)c3)n1)CN(C)S(O)(O)N2c1cccc(F)c1. The molecule has 2 aromatic carbocycles. The number of benzene rings is 2. The lowest BCUT2D eigenvalue weighted by Gasteiger charge is -2.51. The molecule has 7 nitrogen and oxygen atoms in total. The Labute approximate surface area is 210 Å². The fourth-order valence-electron chi connectivity index (χ4n) is 5.34. The average molecular weight is 514 g/mol. The Morgan fingerprint density at radius 1 is 1.26 bits per heavy atom. The fraction of sp³-hybridized carbons (Fsp3) is 0.360. The van der Waals surface area contributed by atoms with Crippen LogP contribution in [0.5, 0.6) is 0 Å². The van der Waals surface area contributed by atoms with Crippen molar-refractivity contribution in [1.82, 2.24) is 14.2 Å². The molecule has 0 saturated carbocycles. The topological polar surface area (TPSA) is 86.9 Å². The van der Waals surface area contributed by atoms with Crippen molar-refractivity contribution in [1.29, 1.82) is 5.26 Å². The summed E-state index contributed by atoms with van der Waals surface area (Å²) in [5.74, 6) is -0.396. The zero-order valence-corrected chi connectivity index (χ0v) is 21.3. The highest BCUT2D eigenvalue weighted by Crippen LogP contribution is 2.61. The van der Waals surface area contributed by atoms with Crippen molar-refractivity contribution in [2.45, 2.75) is 37.9 Å². The Balaban J connectivity index is 1.34. The van der Waals surface area contributed by atoms with Crippen LogP contribution in [0.25, 0.3) is 10.6 Å². The molecule has 2 fully saturated rings. The van der Waals surface area contributed by atoms with E-state index in [1.54, 1.807) is 45.2 Å². The summed E-state index contributed by atoms with van der Waals surface area (Å²) in [6.45, 7) is 4.10. The summed E-state index contributed by atoms with van der Waals surface area (Å²) in [4.78, 5) is 7.18. The molecule has 35 heavy (non-hydrogen) atoms. The van der Waals surface area contributed by atoms with Gasteiger partial charge < -0.3 is 0 Å². The molecule has 3 heterocycles. The molecule has 2 atom stereocenters. The molecule has 1 aromatic heterocycles. The van der Waals surface area contributed by atoms with E-state index in [4.69, 9.17) is 4.98 Å². The third kappa shape index (κ3) is 4.44. The van der Waals surface area contributed by atoms with E-state index in [0.29, 0.717) is 30.8 Å². The monoisotopic (exact) mass is 513 g/mol. The molecule has 1 spiro atoms. The molecule has 0 amide bonds. The lowest BCUT2D eigenvalue weighted by Crippen LogP contribution is -2.57. The molecule has 10 heteroatoms. The van der Waals surface area contributed by atoms with Gasteiger partial charge in [0.25, 0.3) is 0 Å². The van der Waals surface area contributed by atoms with Crippen LogP contribution in [-0.2, 0) is 6.54 Å². The van der Waals surface area contributed by atoms with Gasteiger partial charge in [-0.15, -0.1) is 11.3 Å². The highest BCUT2D eigenvalue weighted by atomic mass is 32.3. The standard InChI is InChI=1S/C25H28FN5O2S2/c1-18-13-25(17-29(2)35(32,33)31(25)23-8-4-7-21(26)12-23)9-10-30(18)15-22-16-34-24(28-22)20-6-3-5-19(11-20)14-27/h3-8,11-12,16,18,32-33H,9-10,13,15,17H2,1-2H3/t18-,25+/m0/s1. The number of likely N-dealkylation sites (N-methyl/N-ethyl adjacent to an activating group) is 1. The number of aromatic nitrogens is 1. The highest BCUT2D eigenvalue weighted by molar-refractivity contribution is 8.23. The van der Waals surface area contributed by atoms with Gasteiger partial charge in [-0.3, -0.25) is 18.3 Å². The third-order valence-electron chi connectivity index (χ3n) is 6.97. The van der Waals surface area contributed by atoms with Gasteiger partial charge in [0.2, 0.25) is 0 Å². The summed E-state index contributed by atoms with van der Waals surface area (Å²) in [6, 6.07) is 15.9. The predicted octanol–water partition coefficient (Wildman–Crippen LogP) is 5.58. The fourth-order valence-corrected chi connectivity index (χ4v) is 7.98. The molecule has 0 aliphatic carbocycles. The number of rotatable bonds is 4. The second kappa shape index (κ2) is 9.17. The third-order valence-corrected chi connectivity index (χ3v) is 9.97. The maximum atomic E-state index is 14.0. The van der Waals surface area contributed by atoms with Crippen molar-refractivity contribution in [3.8, 4) is 16.6 Å². The van der Waals surface area contributed by atoms with E-state index in [2.05, 4.69) is 23.3 Å². The van der Waals surface area contributed by atoms with E-state index in [0.717, 1.165) is 29.2 Å². The van der Waals surface area contributed by atoms with Crippen molar-refractivity contribution in [2.75, 3.05) is 24.4 Å². The van der Waals surface area contributed by atoms with E-state index in [9.17, 15) is 18.8 Å². The number of likely N-dealkylation sites (tertiary alicyclic amines) is 1. The summed E-state index contributed by atoms with van der Waals surface area (Å²) < 4.78 is 39.4. The lowest BCUT2D eigenvalue weighted by molar-refractivity contribution is 0.0994. The van der Waals surface area contributed by atoms with Crippen molar-refractivity contribution in [3.63, 3.8) is 0 Å². The first kappa shape index (κ1) is 24.2. The number of hydrogen-bond donors (Lipinski definition) is 2. The minimum Gasteiger partial charge on any atom is -0.295 e. The van der Waals surface area contributed by atoms with Crippen LogP contribution < -0.4 is 4.31 Å². The van der Waals surface area contributed by atoms with Gasteiger partial charge in [0, 0.05) is 43.7 Å². The molecule has 0 unspecified atom stereocenters. The maximum absolute atomic E-state index is 14.0. The minimum atomic E-state index is -3.23. The van der Waals surface area contributed by atoms with E-state index >= 15 is 0 Å². The summed E-state index contributed by atoms with van der Waals surface area (Å²) in [7, 11) is -1.51. The van der Waals surface area contributed by atoms with Gasteiger partial charge in [0.15, 0.2) is 0 Å². The first-order valence-electron chi connectivity index (χ1n) is 11.5. The first-order valence-corrected chi connectivity index (χ1v) is 13.8. The Bertz CT molecular complexity index is 1280. The van der Waals surface area contributed by atoms with Crippen LogP contribution in [0.3, 0.4) is 0 Å². The van der Waals surface area contributed by atoms with Crippen molar-refractivity contribution in [3.05, 3.63) is 71.0 Å². The molecular formula is C25H28FN5O2S2. The van der Waals surface area contributed by atoms with Crippen molar-refractivity contribution in [2.24, 2.45) is 0 Å². The van der Waals surface area contributed by atoms with Crippen molar-refractivity contribution >= 4 is 28.0 Å². The largest absolute Gasteiger partial charge is 0.295 e. The molecule has 2 N–H and O–H groups in total. The van der Waals surface area contributed by atoms with Crippen LogP contribution in [0.15, 0.2) is 53.9 Å². The normalized spacial score (nSPS) is 25.6. The van der Waals surface area contributed by atoms with Gasteiger partial charge in [-0.05, 0) is 50.1 Å².